The van der Waals surface area contributed by atoms with Crippen molar-refractivity contribution in [3.8, 4) is 0 Å². The fourth-order valence-corrected chi connectivity index (χ4v) is 4.48. The Morgan fingerprint density at radius 3 is 2.68 bits per heavy atom. The number of carbonyl (C=O) groups excluding carboxylic acids is 1. The molecule has 1 aromatic heterocycles. The van der Waals surface area contributed by atoms with Gasteiger partial charge in [0, 0.05) is 12.0 Å². The largest absolute Gasteiger partial charge is 0.456 e. The van der Waals surface area contributed by atoms with Crippen molar-refractivity contribution < 1.29 is 17.6 Å². The van der Waals surface area contributed by atoms with Crippen LogP contribution in [0, 0.1) is 6.92 Å². The van der Waals surface area contributed by atoms with Crippen molar-refractivity contribution in [2.45, 2.75) is 39.2 Å². The maximum atomic E-state index is 12.2. The Morgan fingerprint density at radius 1 is 1.53 bits per heavy atom. The topological polar surface area (TPSA) is 76.4 Å². The molecule has 1 fully saturated rings. The van der Waals surface area contributed by atoms with Crippen molar-refractivity contribution in [3.63, 3.8) is 0 Å². The Labute approximate surface area is 113 Å². The van der Waals surface area contributed by atoms with E-state index in [1.54, 1.807) is 6.92 Å². The molecule has 5 nitrogen and oxygen atoms in total. The van der Waals surface area contributed by atoms with E-state index in [4.69, 9.17) is 4.42 Å². The van der Waals surface area contributed by atoms with Gasteiger partial charge in [-0.3, -0.25) is 4.79 Å². The Kier molecular flexibility index (Phi) is 3.47. The molecule has 2 rings (SSSR count). The molecule has 106 valence electrons. The average Bonchev–Trinajstić information content (AvgIpc) is 2.79. The summed E-state index contributed by atoms with van der Waals surface area (Å²) < 4.78 is 28.5. The fourth-order valence-electron chi connectivity index (χ4n) is 2.39. The molecule has 1 atom stereocenters. The smallest absolute Gasteiger partial charge is 0.287 e. The van der Waals surface area contributed by atoms with Crippen LogP contribution in [0.15, 0.2) is 10.5 Å². The monoisotopic (exact) mass is 285 g/mol. The number of aryl methyl sites for hydroxylation is 2. The maximum absolute atomic E-state index is 12.2. The van der Waals surface area contributed by atoms with Crippen LogP contribution in [0.25, 0.3) is 0 Å². The molecule has 1 N–H and O–H groups in total. The molecule has 0 saturated carbocycles. The second kappa shape index (κ2) is 4.67. The highest BCUT2D eigenvalue weighted by atomic mass is 32.2. The van der Waals surface area contributed by atoms with E-state index < -0.39 is 15.4 Å². The molecule has 1 amide bonds. The van der Waals surface area contributed by atoms with E-state index in [9.17, 15) is 13.2 Å². The minimum absolute atomic E-state index is 0.00781. The number of carbonyl (C=O) groups is 1. The highest BCUT2D eigenvalue weighted by Crippen LogP contribution is 2.24. The molecule has 19 heavy (non-hydrogen) atoms. The van der Waals surface area contributed by atoms with Gasteiger partial charge in [-0.15, -0.1) is 0 Å². The van der Waals surface area contributed by atoms with Gasteiger partial charge in [0.1, 0.15) is 5.76 Å². The van der Waals surface area contributed by atoms with Crippen LogP contribution >= 0.6 is 0 Å². The van der Waals surface area contributed by atoms with Crippen molar-refractivity contribution in [3.05, 3.63) is 23.2 Å². The van der Waals surface area contributed by atoms with E-state index in [0.29, 0.717) is 6.42 Å². The zero-order valence-corrected chi connectivity index (χ0v) is 12.3. The molecule has 0 bridgehead atoms. The fraction of sp³-hybridized carbons (Fsp3) is 0.615. The maximum Gasteiger partial charge on any atom is 0.287 e. The van der Waals surface area contributed by atoms with Gasteiger partial charge in [-0.25, -0.2) is 8.42 Å². The lowest BCUT2D eigenvalue weighted by molar-refractivity contribution is 0.0884. The summed E-state index contributed by atoms with van der Waals surface area (Å²) in [5.74, 6) is 0.818. The quantitative estimate of drug-likeness (QED) is 0.912. The molecule has 0 radical (unpaired) electrons. The third-order valence-corrected chi connectivity index (χ3v) is 5.35. The molecular weight excluding hydrogens is 266 g/mol. The molecule has 1 saturated heterocycles. The lowest BCUT2D eigenvalue weighted by Crippen LogP contribution is -2.47. The van der Waals surface area contributed by atoms with E-state index in [2.05, 4.69) is 5.32 Å². The summed E-state index contributed by atoms with van der Waals surface area (Å²) in [7, 11) is -3.04. The van der Waals surface area contributed by atoms with Gasteiger partial charge in [0.25, 0.3) is 5.91 Å². The molecule has 6 heteroatoms. The zero-order chi connectivity index (χ0) is 14.3. The third-order valence-electron chi connectivity index (χ3n) is 3.44. The van der Waals surface area contributed by atoms with Crippen LogP contribution < -0.4 is 5.32 Å². The lowest BCUT2D eigenvalue weighted by Gasteiger charge is -2.23. The van der Waals surface area contributed by atoms with Crippen molar-refractivity contribution in [1.82, 2.24) is 5.32 Å². The zero-order valence-electron chi connectivity index (χ0n) is 11.4. The minimum Gasteiger partial charge on any atom is -0.456 e. The Morgan fingerprint density at radius 2 is 2.21 bits per heavy atom. The Hall–Kier alpha value is -1.30. The van der Waals surface area contributed by atoms with Crippen LogP contribution in [0.1, 0.15) is 42.1 Å². The molecule has 1 aliphatic rings. The highest BCUT2D eigenvalue weighted by Gasteiger charge is 2.40. The third kappa shape index (κ3) is 3.00. The molecule has 1 aromatic rings. The van der Waals surface area contributed by atoms with E-state index >= 15 is 0 Å². The van der Waals surface area contributed by atoms with Crippen LogP contribution in [-0.2, 0) is 16.3 Å². The number of sulfone groups is 1. The van der Waals surface area contributed by atoms with Crippen molar-refractivity contribution in [2.75, 3.05) is 11.5 Å². The lowest BCUT2D eigenvalue weighted by atomic mass is 10.0. The number of amides is 1. The van der Waals surface area contributed by atoms with Gasteiger partial charge in [-0.05, 0) is 26.3 Å². The molecule has 1 aliphatic heterocycles. The van der Waals surface area contributed by atoms with Crippen LogP contribution in [0.2, 0.25) is 0 Å². The molecule has 2 heterocycles. The van der Waals surface area contributed by atoms with Crippen molar-refractivity contribution in [1.29, 1.82) is 0 Å². The van der Waals surface area contributed by atoms with Crippen molar-refractivity contribution in [2.24, 2.45) is 0 Å². The first kappa shape index (κ1) is 14.1. The average molecular weight is 285 g/mol. The number of hydrogen-bond acceptors (Lipinski definition) is 4. The van der Waals surface area contributed by atoms with Crippen LogP contribution in [-0.4, -0.2) is 31.4 Å². The predicted octanol–water partition coefficient (Wildman–Crippen LogP) is 1.46. The highest BCUT2D eigenvalue weighted by molar-refractivity contribution is 7.91. The normalized spacial score (nSPS) is 25.4. The van der Waals surface area contributed by atoms with Crippen LogP contribution in [0.5, 0.6) is 0 Å². The van der Waals surface area contributed by atoms with E-state index in [1.807, 2.05) is 19.9 Å². The summed E-state index contributed by atoms with van der Waals surface area (Å²) in [6.07, 6.45) is 1.17. The number of furan rings is 1. The molecule has 0 aliphatic carbocycles. The molecule has 0 spiro atoms. The summed E-state index contributed by atoms with van der Waals surface area (Å²) in [6.45, 7) is 5.52. The van der Waals surface area contributed by atoms with Gasteiger partial charge in [0.2, 0.25) is 0 Å². The van der Waals surface area contributed by atoms with Gasteiger partial charge in [0.15, 0.2) is 15.6 Å². The first-order chi connectivity index (χ1) is 8.75. The molecule has 0 aromatic carbocycles. The summed E-state index contributed by atoms with van der Waals surface area (Å²) in [5.41, 5.74) is 0.0837. The Bertz CT molecular complexity index is 602. The summed E-state index contributed by atoms with van der Waals surface area (Å²) in [4.78, 5) is 12.2. The van der Waals surface area contributed by atoms with E-state index in [1.165, 1.54) is 0 Å². The SMILES string of the molecule is CCc1cc(C)c(C(=O)N[C@@]2(C)CCS(=O)(=O)C2)o1. The second-order valence-electron chi connectivity index (χ2n) is 5.44. The van der Waals surface area contributed by atoms with Gasteiger partial charge in [0.05, 0.1) is 17.0 Å². The minimum atomic E-state index is -3.04. The van der Waals surface area contributed by atoms with Crippen molar-refractivity contribution >= 4 is 15.7 Å². The number of hydrogen-bond donors (Lipinski definition) is 1. The first-order valence-corrected chi connectivity index (χ1v) is 8.19. The van der Waals surface area contributed by atoms with Gasteiger partial charge in [-0.1, -0.05) is 6.92 Å². The molecular formula is C13H19NO4S. The summed E-state index contributed by atoms with van der Waals surface area (Å²) in [6, 6.07) is 1.84. The number of rotatable bonds is 3. The summed E-state index contributed by atoms with van der Waals surface area (Å²) >= 11 is 0. The Balaban J connectivity index is 2.15. The van der Waals surface area contributed by atoms with Crippen LogP contribution in [0.4, 0.5) is 0 Å². The van der Waals surface area contributed by atoms with Gasteiger partial charge < -0.3 is 9.73 Å². The summed E-state index contributed by atoms with van der Waals surface area (Å²) in [5, 5.41) is 2.79. The van der Waals surface area contributed by atoms with E-state index in [0.717, 1.165) is 17.7 Å². The number of nitrogens with one attached hydrogen (secondary N) is 1. The predicted molar refractivity (Wildman–Crippen MR) is 72.0 cm³/mol. The molecule has 0 unspecified atom stereocenters. The second-order valence-corrected chi connectivity index (χ2v) is 7.62. The van der Waals surface area contributed by atoms with Crippen LogP contribution in [0.3, 0.4) is 0 Å². The first-order valence-electron chi connectivity index (χ1n) is 6.37. The standard InChI is InChI=1S/C13H19NO4S/c1-4-10-7-9(2)11(18-10)12(15)14-13(3)5-6-19(16,17)8-13/h7H,4-6,8H2,1-3H3,(H,14,15)/t13-/m0/s1. The van der Waals surface area contributed by atoms with Gasteiger partial charge >= 0.3 is 0 Å². The van der Waals surface area contributed by atoms with E-state index in [-0.39, 0.29) is 23.2 Å². The van der Waals surface area contributed by atoms with Gasteiger partial charge in [-0.2, -0.15) is 0 Å².